The lowest BCUT2D eigenvalue weighted by Crippen LogP contribution is -2.13. The first-order valence-electron chi connectivity index (χ1n) is 7.10. The number of nitrogens with one attached hydrogen (secondary N) is 2. The van der Waals surface area contributed by atoms with Gasteiger partial charge in [-0.15, -0.1) is 0 Å². The highest BCUT2D eigenvalue weighted by Gasteiger charge is 2.29. The van der Waals surface area contributed by atoms with Gasteiger partial charge >= 0.3 is 0 Å². The van der Waals surface area contributed by atoms with Crippen LogP contribution in [0, 0.1) is 5.92 Å². The Balaban J connectivity index is 1.63. The summed E-state index contributed by atoms with van der Waals surface area (Å²) in [5.74, 6) is 0.336. The summed E-state index contributed by atoms with van der Waals surface area (Å²) in [7, 11) is 0. The number of amides is 1. The summed E-state index contributed by atoms with van der Waals surface area (Å²) in [5, 5.41) is 7.03. The maximum Gasteiger partial charge on any atom is 0.227 e. The molecule has 0 bridgehead atoms. The van der Waals surface area contributed by atoms with Gasteiger partial charge < -0.3 is 10.6 Å². The van der Waals surface area contributed by atoms with Gasteiger partial charge in [-0.1, -0.05) is 35.9 Å². The fourth-order valence-corrected chi connectivity index (χ4v) is 2.34. The molecule has 2 N–H and O–H groups in total. The van der Waals surface area contributed by atoms with E-state index in [0.717, 1.165) is 34.8 Å². The second-order valence-electron chi connectivity index (χ2n) is 5.29. The van der Waals surface area contributed by atoms with Gasteiger partial charge in [0.05, 0.1) is 0 Å². The van der Waals surface area contributed by atoms with Crippen LogP contribution in [0.4, 0.5) is 11.4 Å². The zero-order valence-corrected chi connectivity index (χ0v) is 12.4. The first kappa shape index (κ1) is 14.0. The molecule has 0 radical (unpaired) electrons. The lowest BCUT2D eigenvalue weighted by molar-refractivity contribution is -0.117. The maximum absolute atomic E-state index is 11.8. The zero-order valence-electron chi connectivity index (χ0n) is 11.6. The van der Waals surface area contributed by atoms with Crippen LogP contribution in [0.5, 0.6) is 0 Å². The van der Waals surface area contributed by atoms with Crippen molar-refractivity contribution in [3.63, 3.8) is 0 Å². The predicted molar refractivity (Wildman–Crippen MR) is 86.6 cm³/mol. The fourth-order valence-electron chi connectivity index (χ4n) is 2.14. The number of hydrogen-bond acceptors (Lipinski definition) is 2. The molecule has 4 heteroatoms. The Hall–Kier alpha value is -2.00. The first-order valence-corrected chi connectivity index (χ1v) is 7.48. The van der Waals surface area contributed by atoms with E-state index < -0.39 is 0 Å². The van der Waals surface area contributed by atoms with E-state index in [1.807, 2.05) is 48.5 Å². The number of rotatable bonds is 5. The van der Waals surface area contributed by atoms with E-state index in [9.17, 15) is 4.79 Å². The van der Waals surface area contributed by atoms with Crippen molar-refractivity contribution in [2.24, 2.45) is 5.92 Å². The van der Waals surface area contributed by atoms with Crippen molar-refractivity contribution >= 4 is 28.9 Å². The average molecular weight is 301 g/mol. The van der Waals surface area contributed by atoms with E-state index in [4.69, 9.17) is 11.6 Å². The van der Waals surface area contributed by atoms with Crippen LogP contribution in [0.25, 0.3) is 0 Å². The van der Waals surface area contributed by atoms with Crippen molar-refractivity contribution < 1.29 is 4.79 Å². The van der Waals surface area contributed by atoms with E-state index in [2.05, 4.69) is 10.6 Å². The Bertz CT molecular complexity index is 653. The highest BCUT2D eigenvalue weighted by Crippen LogP contribution is 2.30. The van der Waals surface area contributed by atoms with Gasteiger partial charge in [0.15, 0.2) is 0 Å². The summed E-state index contributed by atoms with van der Waals surface area (Å²) < 4.78 is 0. The second-order valence-corrected chi connectivity index (χ2v) is 5.70. The Morgan fingerprint density at radius 2 is 1.86 bits per heavy atom. The highest BCUT2D eigenvalue weighted by atomic mass is 35.5. The molecule has 3 nitrogen and oxygen atoms in total. The van der Waals surface area contributed by atoms with E-state index in [-0.39, 0.29) is 11.8 Å². The van der Waals surface area contributed by atoms with E-state index in [1.165, 1.54) is 0 Å². The molecule has 108 valence electrons. The largest absolute Gasteiger partial charge is 0.381 e. The minimum Gasteiger partial charge on any atom is -0.381 e. The molecule has 0 spiro atoms. The minimum absolute atomic E-state index is 0.123. The van der Waals surface area contributed by atoms with Crippen molar-refractivity contribution in [3.8, 4) is 0 Å². The van der Waals surface area contributed by atoms with Crippen LogP contribution < -0.4 is 10.6 Å². The fraction of sp³-hybridized carbons (Fsp3) is 0.235. The van der Waals surface area contributed by atoms with Crippen molar-refractivity contribution in [3.05, 3.63) is 59.1 Å². The monoisotopic (exact) mass is 300 g/mol. The van der Waals surface area contributed by atoms with Gasteiger partial charge in [0.25, 0.3) is 0 Å². The minimum atomic E-state index is 0.123. The van der Waals surface area contributed by atoms with Crippen LogP contribution in [0.3, 0.4) is 0 Å². The molecule has 21 heavy (non-hydrogen) atoms. The summed E-state index contributed by atoms with van der Waals surface area (Å²) in [6.07, 6.45) is 2.02. The van der Waals surface area contributed by atoms with Gasteiger partial charge in [-0.2, -0.15) is 0 Å². The Morgan fingerprint density at radius 1 is 1.10 bits per heavy atom. The molecule has 0 aromatic heterocycles. The van der Waals surface area contributed by atoms with Crippen molar-refractivity contribution in [2.45, 2.75) is 19.4 Å². The first-order chi connectivity index (χ1) is 10.2. The number of anilines is 2. The molecule has 0 aliphatic heterocycles. The molecule has 1 saturated carbocycles. The summed E-state index contributed by atoms with van der Waals surface area (Å²) in [5.41, 5.74) is 2.84. The van der Waals surface area contributed by atoms with Crippen LogP contribution in [-0.2, 0) is 11.3 Å². The number of halogens is 1. The van der Waals surface area contributed by atoms with Crippen molar-refractivity contribution in [2.75, 3.05) is 10.6 Å². The van der Waals surface area contributed by atoms with Gasteiger partial charge in [0.2, 0.25) is 5.91 Å². The molecular weight excluding hydrogens is 284 g/mol. The smallest absolute Gasteiger partial charge is 0.227 e. The average Bonchev–Trinajstić information content (AvgIpc) is 3.31. The van der Waals surface area contributed by atoms with E-state index in [1.54, 1.807) is 0 Å². The molecule has 1 aliphatic rings. The van der Waals surface area contributed by atoms with Gasteiger partial charge in [0, 0.05) is 28.9 Å². The molecule has 0 atom stereocenters. The highest BCUT2D eigenvalue weighted by molar-refractivity contribution is 6.31. The van der Waals surface area contributed by atoms with Gasteiger partial charge in [0.1, 0.15) is 0 Å². The third kappa shape index (κ3) is 3.76. The molecule has 2 aromatic carbocycles. The van der Waals surface area contributed by atoms with E-state index >= 15 is 0 Å². The molecule has 1 amide bonds. The summed E-state index contributed by atoms with van der Waals surface area (Å²) in [4.78, 5) is 11.8. The van der Waals surface area contributed by atoms with Gasteiger partial charge in [-0.3, -0.25) is 4.79 Å². The molecule has 0 unspecified atom stereocenters. The molecule has 2 aromatic rings. The van der Waals surface area contributed by atoms with Crippen LogP contribution in [0.2, 0.25) is 5.02 Å². The van der Waals surface area contributed by atoms with E-state index in [0.29, 0.717) is 6.54 Å². The topological polar surface area (TPSA) is 41.1 Å². The molecule has 0 heterocycles. The van der Waals surface area contributed by atoms with Crippen molar-refractivity contribution in [1.82, 2.24) is 0 Å². The van der Waals surface area contributed by atoms with Crippen molar-refractivity contribution in [1.29, 1.82) is 0 Å². The lowest BCUT2D eigenvalue weighted by atomic mass is 10.2. The lowest BCUT2D eigenvalue weighted by Gasteiger charge is -2.10. The number of carbonyl (C=O) groups is 1. The third-order valence-electron chi connectivity index (χ3n) is 3.52. The zero-order chi connectivity index (χ0) is 14.7. The van der Waals surface area contributed by atoms with Crippen LogP contribution >= 0.6 is 11.6 Å². The molecule has 3 rings (SSSR count). The van der Waals surface area contributed by atoms with Crippen LogP contribution in [-0.4, -0.2) is 5.91 Å². The predicted octanol–water partition coefficient (Wildman–Crippen LogP) is 4.30. The second kappa shape index (κ2) is 6.19. The number of carbonyl (C=O) groups excluding carboxylic acids is 1. The summed E-state index contributed by atoms with van der Waals surface area (Å²) in [6.45, 7) is 0.652. The normalized spacial score (nSPS) is 13.8. The molecular formula is C17H17ClN2O. The maximum atomic E-state index is 11.8. The van der Waals surface area contributed by atoms with Crippen LogP contribution in [0.15, 0.2) is 48.5 Å². The molecule has 0 saturated heterocycles. The summed E-state index contributed by atoms with van der Waals surface area (Å²) in [6, 6.07) is 15.5. The van der Waals surface area contributed by atoms with Gasteiger partial charge in [-0.05, 0) is 42.7 Å². The third-order valence-corrected chi connectivity index (χ3v) is 3.89. The molecule has 1 fully saturated rings. The van der Waals surface area contributed by atoms with Gasteiger partial charge in [-0.25, -0.2) is 0 Å². The number of hydrogen-bond donors (Lipinski definition) is 2. The SMILES string of the molecule is O=C(Nc1cccc(NCc2ccccc2Cl)c1)C1CC1. The Morgan fingerprint density at radius 3 is 2.62 bits per heavy atom. The quantitative estimate of drug-likeness (QED) is 0.864. The van der Waals surface area contributed by atoms with Crippen LogP contribution in [0.1, 0.15) is 18.4 Å². The Kier molecular flexibility index (Phi) is 4.11. The number of benzene rings is 2. The summed E-state index contributed by atoms with van der Waals surface area (Å²) >= 11 is 6.14. The standard InChI is InChI=1S/C17H17ClN2O/c18-16-7-2-1-4-13(16)11-19-14-5-3-6-15(10-14)20-17(21)12-8-9-12/h1-7,10,12,19H,8-9,11H2,(H,20,21). The molecule has 1 aliphatic carbocycles. The Labute approximate surface area is 129 Å².